The van der Waals surface area contributed by atoms with E-state index in [0.717, 1.165) is 0 Å². The van der Waals surface area contributed by atoms with E-state index >= 15 is 0 Å². The number of ether oxygens (including phenoxy) is 6. The van der Waals surface area contributed by atoms with Gasteiger partial charge in [-0.1, -0.05) is 20.8 Å². The highest BCUT2D eigenvalue weighted by atomic mass is 16.8. The molecule has 8 heteroatoms. The highest BCUT2D eigenvalue weighted by Crippen LogP contribution is 2.24. The molecule has 0 unspecified atom stereocenters. The summed E-state index contributed by atoms with van der Waals surface area (Å²) in [7, 11) is 0. The van der Waals surface area contributed by atoms with Crippen molar-refractivity contribution in [3.63, 3.8) is 0 Å². The fourth-order valence-corrected chi connectivity index (χ4v) is 1.27. The lowest BCUT2D eigenvalue weighted by atomic mass is 9.96. The fourth-order valence-electron chi connectivity index (χ4n) is 1.27. The van der Waals surface area contributed by atoms with Crippen LogP contribution in [0.15, 0.2) is 0 Å². The minimum atomic E-state index is -1.11. The molecule has 0 aromatic carbocycles. The summed E-state index contributed by atoms with van der Waals surface area (Å²) >= 11 is 0. The van der Waals surface area contributed by atoms with E-state index < -0.39 is 24.0 Å². The summed E-state index contributed by atoms with van der Waals surface area (Å²) in [6, 6.07) is 0. The molecule has 0 aromatic heterocycles. The molecule has 0 N–H and O–H groups in total. The molecule has 0 bridgehead atoms. The van der Waals surface area contributed by atoms with Crippen molar-refractivity contribution >= 4 is 12.3 Å². The predicted octanol–water partition coefficient (Wildman–Crippen LogP) is 1.46. The second-order valence-electron chi connectivity index (χ2n) is 5.97. The van der Waals surface area contributed by atoms with E-state index in [4.69, 9.17) is 28.4 Å². The maximum atomic E-state index is 11.5. The number of carbonyl (C=O) groups excluding carboxylic acids is 2. The van der Waals surface area contributed by atoms with Gasteiger partial charge in [0.2, 0.25) is 0 Å². The normalized spacial score (nSPS) is 23.4. The molecule has 0 aliphatic carbocycles. The van der Waals surface area contributed by atoms with Gasteiger partial charge in [-0.2, -0.15) is 0 Å². The van der Waals surface area contributed by atoms with Crippen LogP contribution < -0.4 is 0 Å². The van der Waals surface area contributed by atoms with Gasteiger partial charge < -0.3 is 28.4 Å². The van der Waals surface area contributed by atoms with E-state index in [1.807, 2.05) is 0 Å². The molecule has 2 aliphatic heterocycles. The van der Waals surface area contributed by atoms with Crippen LogP contribution >= 0.6 is 0 Å². The molecular weight excluding hydrogens is 284 g/mol. The first-order valence-electron chi connectivity index (χ1n) is 6.74. The van der Waals surface area contributed by atoms with Crippen molar-refractivity contribution in [1.29, 1.82) is 0 Å². The van der Waals surface area contributed by atoms with Crippen LogP contribution in [-0.2, 0) is 28.4 Å². The standard InChI is InChI=1S/C13H20O8/c1-13(2,3)10(20-11(14)18-6-8-4-16-8)21-12(15)19-7-9-5-17-9/h8-10H,4-7H2,1-3H3/t8-,9-/m0/s1. The summed E-state index contributed by atoms with van der Waals surface area (Å²) < 4.78 is 29.5. The summed E-state index contributed by atoms with van der Waals surface area (Å²) in [4.78, 5) is 23.1. The van der Waals surface area contributed by atoms with Gasteiger partial charge in [-0.3, -0.25) is 0 Å². The van der Waals surface area contributed by atoms with Crippen molar-refractivity contribution in [3.8, 4) is 0 Å². The average molecular weight is 304 g/mol. The molecule has 2 heterocycles. The molecule has 2 saturated heterocycles. The maximum Gasteiger partial charge on any atom is 0.511 e. The maximum absolute atomic E-state index is 11.5. The van der Waals surface area contributed by atoms with Crippen LogP contribution in [0.5, 0.6) is 0 Å². The van der Waals surface area contributed by atoms with Crippen LogP contribution in [0.3, 0.4) is 0 Å². The Kier molecular flexibility index (Phi) is 4.89. The Bertz CT molecular complexity index is 350. The van der Waals surface area contributed by atoms with Gasteiger partial charge in [0.05, 0.1) is 13.2 Å². The number of epoxide rings is 2. The van der Waals surface area contributed by atoms with Crippen LogP contribution in [0.25, 0.3) is 0 Å². The Morgan fingerprint density at radius 2 is 1.38 bits per heavy atom. The zero-order chi connectivity index (χ0) is 15.5. The van der Waals surface area contributed by atoms with E-state index in [0.29, 0.717) is 13.2 Å². The predicted molar refractivity (Wildman–Crippen MR) is 67.6 cm³/mol. The molecular formula is C13H20O8. The third-order valence-electron chi connectivity index (χ3n) is 2.69. The summed E-state index contributed by atoms with van der Waals surface area (Å²) in [5.74, 6) is 0. The summed E-state index contributed by atoms with van der Waals surface area (Å²) in [6.07, 6.45) is -3.06. The van der Waals surface area contributed by atoms with Gasteiger partial charge in [-0.25, -0.2) is 9.59 Å². The summed E-state index contributed by atoms with van der Waals surface area (Å²) in [5.41, 5.74) is -0.621. The highest BCUT2D eigenvalue weighted by molar-refractivity contribution is 5.62. The first-order chi connectivity index (χ1) is 9.84. The van der Waals surface area contributed by atoms with Crippen LogP contribution in [0, 0.1) is 5.41 Å². The lowest BCUT2D eigenvalue weighted by molar-refractivity contribution is -0.153. The van der Waals surface area contributed by atoms with Crippen LogP contribution in [0.2, 0.25) is 0 Å². The first-order valence-corrected chi connectivity index (χ1v) is 6.74. The highest BCUT2D eigenvalue weighted by Gasteiger charge is 2.35. The van der Waals surface area contributed by atoms with Gasteiger partial charge in [-0.05, 0) is 0 Å². The number of hydrogen-bond acceptors (Lipinski definition) is 8. The van der Waals surface area contributed by atoms with E-state index in [1.54, 1.807) is 20.8 Å². The molecule has 0 aromatic rings. The van der Waals surface area contributed by atoms with Crippen molar-refractivity contribution < 1.29 is 38.0 Å². The van der Waals surface area contributed by atoms with Gasteiger partial charge in [0.1, 0.15) is 25.4 Å². The molecule has 2 rings (SSSR count). The second kappa shape index (κ2) is 6.48. The Morgan fingerprint density at radius 3 is 1.67 bits per heavy atom. The lowest BCUT2D eigenvalue weighted by Gasteiger charge is -2.28. The molecule has 2 fully saturated rings. The van der Waals surface area contributed by atoms with Gasteiger partial charge >= 0.3 is 12.3 Å². The van der Waals surface area contributed by atoms with Crippen LogP contribution in [-0.4, -0.2) is 57.2 Å². The molecule has 21 heavy (non-hydrogen) atoms. The zero-order valence-corrected chi connectivity index (χ0v) is 12.3. The summed E-state index contributed by atoms with van der Waals surface area (Å²) in [5, 5.41) is 0. The lowest BCUT2D eigenvalue weighted by Crippen LogP contribution is -2.36. The average Bonchev–Trinajstić information content (AvgIpc) is 3.26. The van der Waals surface area contributed by atoms with E-state index in [-0.39, 0.29) is 25.4 Å². The fraction of sp³-hybridized carbons (Fsp3) is 0.846. The third-order valence-corrected chi connectivity index (χ3v) is 2.69. The SMILES string of the molecule is CC(C)(C)C(OC(=O)OC[C@@H]1CO1)OC(=O)OC[C@@H]1CO1. The van der Waals surface area contributed by atoms with Crippen molar-refractivity contribution in [2.75, 3.05) is 26.4 Å². The van der Waals surface area contributed by atoms with E-state index in [1.165, 1.54) is 0 Å². The van der Waals surface area contributed by atoms with Gasteiger partial charge in [0.15, 0.2) is 0 Å². The molecule has 0 spiro atoms. The van der Waals surface area contributed by atoms with E-state index in [9.17, 15) is 9.59 Å². The van der Waals surface area contributed by atoms with Crippen LogP contribution in [0.1, 0.15) is 20.8 Å². The topological polar surface area (TPSA) is 96.1 Å². The van der Waals surface area contributed by atoms with Gasteiger partial charge in [0.25, 0.3) is 6.29 Å². The Balaban J connectivity index is 1.75. The van der Waals surface area contributed by atoms with Crippen molar-refractivity contribution in [2.45, 2.75) is 39.3 Å². The van der Waals surface area contributed by atoms with E-state index in [2.05, 4.69) is 0 Å². The molecule has 2 aliphatic rings. The van der Waals surface area contributed by atoms with Crippen LogP contribution in [0.4, 0.5) is 9.59 Å². The molecule has 120 valence electrons. The smallest absolute Gasteiger partial charge is 0.431 e. The molecule has 0 saturated carbocycles. The zero-order valence-electron chi connectivity index (χ0n) is 12.3. The number of hydrogen-bond donors (Lipinski definition) is 0. The Morgan fingerprint density at radius 1 is 1.00 bits per heavy atom. The molecule has 2 atom stereocenters. The first kappa shape index (κ1) is 15.8. The largest absolute Gasteiger partial charge is 0.511 e. The minimum Gasteiger partial charge on any atom is -0.431 e. The molecule has 0 radical (unpaired) electrons. The van der Waals surface area contributed by atoms with Crippen molar-refractivity contribution in [1.82, 2.24) is 0 Å². The third kappa shape index (κ3) is 6.17. The number of carbonyl (C=O) groups is 2. The Hall–Kier alpha value is -1.54. The second-order valence-corrected chi connectivity index (χ2v) is 5.97. The molecule has 8 nitrogen and oxygen atoms in total. The minimum absolute atomic E-state index is 0.0601. The Labute approximate surface area is 122 Å². The van der Waals surface area contributed by atoms with Gasteiger partial charge in [0, 0.05) is 5.41 Å². The monoisotopic (exact) mass is 304 g/mol. The van der Waals surface area contributed by atoms with Gasteiger partial charge in [-0.15, -0.1) is 0 Å². The quantitative estimate of drug-likeness (QED) is 0.413. The van der Waals surface area contributed by atoms with Crippen molar-refractivity contribution in [3.05, 3.63) is 0 Å². The van der Waals surface area contributed by atoms with Crippen molar-refractivity contribution in [2.24, 2.45) is 5.41 Å². The summed E-state index contributed by atoms with van der Waals surface area (Å²) in [6.45, 7) is 6.66. The number of rotatable bonds is 6. The molecule has 0 amide bonds.